The molecule has 1 aliphatic carbocycles. The maximum atomic E-state index is 12.8. The molecule has 0 spiro atoms. The van der Waals surface area contributed by atoms with Crippen LogP contribution < -0.4 is 0 Å². The summed E-state index contributed by atoms with van der Waals surface area (Å²) in [6.07, 6.45) is 8.80. The zero-order valence-electron chi connectivity index (χ0n) is 18.0. The molecule has 2 aromatic carbocycles. The largest absolute Gasteiger partial charge is 0.380 e. The van der Waals surface area contributed by atoms with E-state index in [2.05, 4.69) is 23.2 Å². The van der Waals surface area contributed by atoms with E-state index in [1.54, 1.807) is 17.2 Å². The van der Waals surface area contributed by atoms with Gasteiger partial charge in [-0.05, 0) is 66.8 Å². The van der Waals surface area contributed by atoms with Gasteiger partial charge >= 0.3 is 0 Å². The molecule has 0 unspecified atom stereocenters. The van der Waals surface area contributed by atoms with Gasteiger partial charge in [-0.3, -0.25) is 14.6 Å². The smallest absolute Gasteiger partial charge is 0.254 e. The summed E-state index contributed by atoms with van der Waals surface area (Å²) in [6.45, 7) is 1.21. The first-order chi connectivity index (χ1) is 15.5. The van der Waals surface area contributed by atoms with Gasteiger partial charge in [-0.1, -0.05) is 42.0 Å². The van der Waals surface area contributed by atoms with Crippen molar-refractivity contribution < 1.29 is 14.7 Å². The molecule has 0 atom stereocenters. The van der Waals surface area contributed by atoms with Crippen LogP contribution in [0.15, 0.2) is 72.6 Å². The Morgan fingerprint density at radius 3 is 2.50 bits per heavy atom. The molecule has 32 heavy (non-hydrogen) atoms. The van der Waals surface area contributed by atoms with Crippen molar-refractivity contribution in [1.29, 1.82) is 0 Å². The summed E-state index contributed by atoms with van der Waals surface area (Å²) in [6, 6.07) is 16.0. The third kappa shape index (κ3) is 4.21. The third-order valence-electron chi connectivity index (χ3n) is 6.52. The minimum atomic E-state index is -1.12. The minimum absolute atomic E-state index is 0.00302. The zero-order valence-corrected chi connectivity index (χ0v) is 18.0. The molecule has 5 heteroatoms. The molecule has 162 valence electrons. The van der Waals surface area contributed by atoms with E-state index in [1.165, 1.54) is 0 Å². The van der Waals surface area contributed by atoms with Crippen LogP contribution in [-0.2, 0) is 4.79 Å². The maximum Gasteiger partial charge on any atom is 0.254 e. The van der Waals surface area contributed by atoms with Crippen molar-refractivity contribution in [2.24, 2.45) is 0 Å². The predicted octanol–water partition coefficient (Wildman–Crippen LogP) is 4.55. The van der Waals surface area contributed by atoms with Gasteiger partial charge in [0.05, 0.1) is 0 Å². The first-order valence-electron chi connectivity index (χ1n) is 11.2. The van der Waals surface area contributed by atoms with Gasteiger partial charge in [0.25, 0.3) is 5.91 Å². The van der Waals surface area contributed by atoms with E-state index in [-0.39, 0.29) is 11.7 Å². The fourth-order valence-electron chi connectivity index (χ4n) is 4.34. The molecule has 1 amide bonds. The molecular formula is C27H26N2O3. The minimum Gasteiger partial charge on any atom is -0.380 e. The first-order valence-corrected chi connectivity index (χ1v) is 11.2. The normalized spacial score (nSPS) is 19.0. The number of hydrogen-bond acceptors (Lipinski definition) is 4. The molecule has 5 nitrogen and oxygen atoms in total. The number of amides is 1. The summed E-state index contributed by atoms with van der Waals surface area (Å²) >= 11 is 0. The number of pyridine rings is 1. The summed E-state index contributed by atoms with van der Waals surface area (Å²) in [7, 11) is 0. The van der Waals surface area contributed by atoms with Crippen molar-refractivity contribution in [3.8, 4) is 11.1 Å². The fourth-order valence-corrected chi connectivity index (χ4v) is 4.34. The SMILES string of the molecule is O=C(C=C1CCCN(C(=O)C2(O)CC2)CC1)c1ccc(-c2ccc3cnccc3c2)cc1. The number of nitrogens with zero attached hydrogens (tertiary/aromatic N) is 2. The van der Waals surface area contributed by atoms with Crippen molar-refractivity contribution in [2.75, 3.05) is 13.1 Å². The Bertz CT molecular complexity index is 1210. The molecule has 2 heterocycles. The highest BCUT2D eigenvalue weighted by atomic mass is 16.3. The van der Waals surface area contributed by atoms with Gasteiger partial charge in [-0.25, -0.2) is 0 Å². The average Bonchev–Trinajstić information content (AvgIpc) is 3.62. The van der Waals surface area contributed by atoms with Crippen LogP contribution in [0.4, 0.5) is 0 Å². The highest BCUT2D eigenvalue weighted by Gasteiger charge is 2.50. The number of rotatable bonds is 4. The molecule has 2 aliphatic rings. The summed E-state index contributed by atoms with van der Waals surface area (Å²) < 4.78 is 0. The number of allylic oxidation sites excluding steroid dienone is 1. The molecule has 0 bridgehead atoms. The Labute approximate surface area is 187 Å². The second kappa shape index (κ2) is 8.32. The molecule has 1 aromatic heterocycles. The lowest BCUT2D eigenvalue weighted by Gasteiger charge is -2.22. The van der Waals surface area contributed by atoms with Gasteiger partial charge in [0.1, 0.15) is 5.60 Å². The van der Waals surface area contributed by atoms with E-state index < -0.39 is 5.60 Å². The maximum absolute atomic E-state index is 12.8. The Balaban J connectivity index is 1.27. The Hall–Kier alpha value is -3.31. The van der Waals surface area contributed by atoms with Crippen molar-refractivity contribution in [3.05, 3.63) is 78.1 Å². The average molecular weight is 427 g/mol. The second-order valence-electron chi connectivity index (χ2n) is 8.86. The number of ketones is 1. The summed E-state index contributed by atoms with van der Waals surface area (Å²) in [5.74, 6) is -0.151. The summed E-state index contributed by atoms with van der Waals surface area (Å²) in [5.41, 5.74) is 2.78. The lowest BCUT2D eigenvalue weighted by atomic mass is 9.99. The highest BCUT2D eigenvalue weighted by molar-refractivity contribution is 6.05. The van der Waals surface area contributed by atoms with Crippen LogP contribution in [0, 0.1) is 0 Å². The third-order valence-corrected chi connectivity index (χ3v) is 6.52. The number of likely N-dealkylation sites (tertiary alicyclic amines) is 1. The summed E-state index contributed by atoms with van der Waals surface area (Å²) in [4.78, 5) is 31.1. The molecule has 0 radical (unpaired) electrons. The number of aromatic nitrogens is 1. The van der Waals surface area contributed by atoms with E-state index in [9.17, 15) is 14.7 Å². The van der Waals surface area contributed by atoms with Crippen LogP contribution >= 0.6 is 0 Å². The fraction of sp³-hybridized carbons (Fsp3) is 0.296. The Morgan fingerprint density at radius 2 is 1.72 bits per heavy atom. The standard InChI is InChI=1S/C27H26N2O3/c30-25(16-19-2-1-14-29(15-10-19)26(31)27(32)11-12-27)21-5-3-20(4-6-21)22-7-8-24-18-28-13-9-23(24)17-22/h3-9,13,16-18,32H,1-2,10-12,14-15H2. The Kier molecular flexibility index (Phi) is 5.35. The van der Waals surface area contributed by atoms with Crippen molar-refractivity contribution in [2.45, 2.75) is 37.7 Å². The van der Waals surface area contributed by atoms with E-state index >= 15 is 0 Å². The van der Waals surface area contributed by atoms with Crippen LogP contribution in [0.25, 0.3) is 21.9 Å². The van der Waals surface area contributed by atoms with Gasteiger partial charge in [0.2, 0.25) is 0 Å². The van der Waals surface area contributed by atoms with E-state index in [4.69, 9.17) is 0 Å². The lowest BCUT2D eigenvalue weighted by Crippen LogP contribution is -2.41. The quantitative estimate of drug-likeness (QED) is 0.491. The van der Waals surface area contributed by atoms with Gasteiger partial charge in [0, 0.05) is 36.4 Å². The topological polar surface area (TPSA) is 70.5 Å². The van der Waals surface area contributed by atoms with Crippen molar-refractivity contribution >= 4 is 22.5 Å². The van der Waals surface area contributed by atoms with Gasteiger partial charge in [-0.15, -0.1) is 0 Å². The van der Waals surface area contributed by atoms with E-state index in [0.29, 0.717) is 37.9 Å². The van der Waals surface area contributed by atoms with Gasteiger partial charge in [0.15, 0.2) is 5.78 Å². The summed E-state index contributed by atoms with van der Waals surface area (Å²) in [5, 5.41) is 12.3. The first kappa shape index (κ1) is 20.6. The van der Waals surface area contributed by atoms with Crippen LogP contribution in [-0.4, -0.2) is 45.4 Å². The molecule has 1 N–H and O–H groups in total. The van der Waals surface area contributed by atoms with Crippen molar-refractivity contribution in [1.82, 2.24) is 9.88 Å². The van der Waals surface area contributed by atoms with E-state index in [0.717, 1.165) is 40.3 Å². The molecular weight excluding hydrogens is 400 g/mol. The van der Waals surface area contributed by atoms with Crippen LogP contribution in [0.5, 0.6) is 0 Å². The molecule has 3 aromatic rings. The van der Waals surface area contributed by atoms with Crippen molar-refractivity contribution in [3.63, 3.8) is 0 Å². The van der Waals surface area contributed by atoms with Crippen LogP contribution in [0.3, 0.4) is 0 Å². The van der Waals surface area contributed by atoms with Crippen LogP contribution in [0.1, 0.15) is 42.5 Å². The number of fused-ring (bicyclic) bond motifs is 1. The number of hydrogen-bond donors (Lipinski definition) is 1. The number of benzene rings is 2. The lowest BCUT2D eigenvalue weighted by molar-refractivity contribution is -0.142. The van der Waals surface area contributed by atoms with Gasteiger partial charge in [-0.2, -0.15) is 0 Å². The van der Waals surface area contributed by atoms with Crippen LogP contribution in [0.2, 0.25) is 0 Å². The monoisotopic (exact) mass is 426 g/mol. The molecule has 1 aliphatic heterocycles. The second-order valence-corrected chi connectivity index (χ2v) is 8.86. The molecule has 1 saturated carbocycles. The molecule has 2 fully saturated rings. The number of carbonyl (C=O) groups is 2. The number of carbonyl (C=O) groups excluding carboxylic acids is 2. The number of aliphatic hydroxyl groups is 1. The molecule has 1 saturated heterocycles. The predicted molar refractivity (Wildman–Crippen MR) is 124 cm³/mol. The van der Waals surface area contributed by atoms with E-state index in [1.807, 2.05) is 36.5 Å². The zero-order chi connectivity index (χ0) is 22.1. The highest BCUT2D eigenvalue weighted by Crippen LogP contribution is 2.37. The molecule has 5 rings (SSSR count). The Morgan fingerprint density at radius 1 is 0.938 bits per heavy atom. The van der Waals surface area contributed by atoms with Gasteiger partial charge < -0.3 is 10.0 Å².